The lowest BCUT2D eigenvalue weighted by Crippen LogP contribution is -1.99. The summed E-state index contributed by atoms with van der Waals surface area (Å²) < 4.78 is 33.3. The monoisotopic (exact) mass is 140 g/mol. The van der Waals surface area contributed by atoms with Crippen molar-refractivity contribution in [3.05, 3.63) is 0 Å². The molecule has 46 valence electrons. The van der Waals surface area contributed by atoms with Gasteiger partial charge >= 0.3 is 5.51 Å². The van der Waals surface area contributed by atoms with Crippen LogP contribution >= 0.6 is 11.8 Å². The van der Waals surface area contributed by atoms with Crippen molar-refractivity contribution in [2.75, 3.05) is 5.75 Å². The highest BCUT2D eigenvalue weighted by Crippen LogP contribution is 2.29. The molecule has 0 saturated carbocycles. The van der Waals surface area contributed by atoms with Crippen LogP contribution in [0.15, 0.2) is 0 Å². The fourth-order valence-electron chi connectivity index (χ4n) is 0.123. The van der Waals surface area contributed by atoms with Crippen LogP contribution in [0.4, 0.5) is 13.2 Å². The maximum absolute atomic E-state index is 11.1. The topological polar surface area (TPSA) is 0 Å². The quantitative estimate of drug-likeness (QED) is 0.501. The van der Waals surface area contributed by atoms with Crippen molar-refractivity contribution in [1.82, 2.24) is 0 Å². The van der Waals surface area contributed by atoms with Gasteiger partial charge in [-0.15, -0.1) is 6.42 Å². The van der Waals surface area contributed by atoms with Crippen LogP contribution in [0.5, 0.6) is 0 Å². The fourth-order valence-corrected chi connectivity index (χ4v) is 0.370. The highest BCUT2D eigenvalue weighted by Gasteiger charge is 2.26. The molecule has 0 radical (unpaired) electrons. The molecule has 0 aromatic carbocycles. The molecule has 4 heteroatoms. The van der Waals surface area contributed by atoms with E-state index in [0.717, 1.165) is 0 Å². The first-order valence-corrected chi connectivity index (χ1v) is 2.69. The van der Waals surface area contributed by atoms with Gasteiger partial charge in [-0.25, -0.2) is 0 Å². The Bertz CT molecular complexity index is 98.8. The summed E-state index contributed by atoms with van der Waals surface area (Å²) in [7, 11) is 0. The smallest absolute Gasteiger partial charge is 0.160 e. The number of hydrogen-bond acceptors (Lipinski definition) is 1. The van der Waals surface area contributed by atoms with Crippen LogP contribution in [-0.2, 0) is 0 Å². The molecule has 0 aliphatic carbocycles. The molecule has 0 N–H and O–H groups in total. The van der Waals surface area contributed by atoms with Gasteiger partial charge < -0.3 is 0 Å². The lowest BCUT2D eigenvalue weighted by atomic mass is 10.8. The Hall–Kier alpha value is -0.300. The number of halogens is 3. The number of rotatable bonds is 1. The average Bonchev–Trinajstić information content (AvgIpc) is 1.59. The van der Waals surface area contributed by atoms with Crippen molar-refractivity contribution in [3.63, 3.8) is 0 Å². The Balaban J connectivity index is 3.28. The Morgan fingerprint density at radius 2 is 2.00 bits per heavy atom. The molecule has 0 aliphatic heterocycles. The Morgan fingerprint density at radius 3 is 2.12 bits per heavy atom. The zero-order valence-corrected chi connectivity index (χ0v) is 4.64. The lowest BCUT2D eigenvalue weighted by molar-refractivity contribution is -0.0325. The summed E-state index contributed by atoms with van der Waals surface area (Å²) in [4.78, 5) is 0. The van der Waals surface area contributed by atoms with Crippen molar-refractivity contribution in [3.8, 4) is 12.3 Å². The van der Waals surface area contributed by atoms with E-state index in [1.54, 1.807) is 0 Å². The van der Waals surface area contributed by atoms with Gasteiger partial charge in [-0.2, -0.15) is 13.2 Å². The second kappa shape index (κ2) is 2.88. The molecule has 0 amide bonds. The standard InChI is InChI=1S/C4H3F3S/c1-2-3-8-4(5,6)7/h1H,3H2. The van der Waals surface area contributed by atoms with E-state index in [-0.39, 0.29) is 17.5 Å². The molecule has 0 heterocycles. The molecule has 0 atom stereocenters. The number of alkyl halides is 3. The minimum atomic E-state index is -4.17. The van der Waals surface area contributed by atoms with Gasteiger partial charge in [0.05, 0.1) is 5.75 Å². The average molecular weight is 140 g/mol. The van der Waals surface area contributed by atoms with Crippen LogP contribution in [0.2, 0.25) is 0 Å². The third-order valence-electron chi connectivity index (χ3n) is 0.319. The molecule has 0 unspecified atom stereocenters. The summed E-state index contributed by atoms with van der Waals surface area (Å²) in [5.74, 6) is 1.57. The van der Waals surface area contributed by atoms with E-state index in [0.29, 0.717) is 0 Å². The molecule has 0 spiro atoms. The van der Waals surface area contributed by atoms with Gasteiger partial charge in [-0.1, -0.05) is 5.92 Å². The highest BCUT2D eigenvalue weighted by molar-refractivity contribution is 8.00. The van der Waals surface area contributed by atoms with Crippen molar-refractivity contribution in [1.29, 1.82) is 0 Å². The number of thioether (sulfide) groups is 1. The third-order valence-corrected chi connectivity index (χ3v) is 0.957. The number of hydrogen-bond donors (Lipinski definition) is 0. The number of terminal acetylenes is 1. The molecule has 0 rings (SSSR count). The predicted octanol–water partition coefficient (Wildman–Crippen LogP) is 1.87. The van der Waals surface area contributed by atoms with Crippen molar-refractivity contribution >= 4 is 11.8 Å². The van der Waals surface area contributed by atoms with Crippen LogP contribution in [0.1, 0.15) is 0 Å². The maximum atomic E-state index is 11.1. The first-order chi connectivity index (χ1) is 3.56. The zero-order chi connectivity index (χ0) is 6.62. The first-order valence-electron chi connectivity index (χ1n) is 1.70. The van der Waals surface area contributed by atoms with Crippen LogP contribution in [-0.4, -0.2) is 11.3 Å². The predicted molar refractivity (Wildman–Crippen MR) is 27.3 cm³/mol. The van der Waals surface area contributed by atoms with Crippen LogP contribution in [0.25, 0.3) is 0 Å². The van der Waals surface area contributed by atoms with Crippen molar-refractivity contribution in [2.45, 2.75) is 5.51 Å². The Labute approximate surface area is 49.5 Å². The molecule has 0 nitrogen and oxygen atoms in total. The van der Waals surface area contributed by atoms with Gasteiger partial charge in [0.1, 0.15) is 0 Å². The van der Waals surface area contributed by atoms with E-state index >= 15 is 0 Å². The molecular formula is C4H3F3S. The molecule has 8 heavy (non-hydrogen) atoms. The van der Waals surface area contributed by atoms with E-state index < -0.39 is 5.51 Å². The van der Waals surface area contributed by atoms with E-state index in [1.165, 1.54) is 0 Å². The second-order valence-corrected chi connectivity index (χ2v) is 1.98. The van der Waals surface area contributed by atoms with Crippen LogP contribution in [0.3, 0.4) is 0 Å². The van der Waals surface area contributed by atoms with E-state index in [4.69, 9.17) is 0 Å². The zero-order valence-electron chi connectivity index (χ0n) is 3.83. The molecule has 0 bridgehead atoms. The normalized spacial score (nSPS) is 10.8. The van der Waals surface area contributed by atoms with Gasteiger partial charge in [0.2, 0.25) is 0 Å². The van der Waals surface area contributed by atoms with Gasteiger partial charge in [0, 0.05) is 0 Å². The highest BCUT2D eigenvalue weighted by atomic mass is 32.2. The largest absolute Gasteiger partial charge is 0.442 e. The minimum absolute atomic E-state index is 0.203. The second-order valence-electron chi connectivity index (χ2n) is 0.939. The van der Waals surface area contributed by atoms with Gasteiger partial charge in [0.15, 0.2) is 0 Å². The summed E-state index contributed by atoms with van der Waals surface area (Å²) in [6, 6.07) is 0. The van der Waals surface area contributed by atoms with Gasteiger partial charge in [-0.3, -0.25) is 0 Å². The summed E-state index contributed by atoms with van der Waals surface area (Å²) in [5.41, 5.74) is -4.17. The summed E-state index contributed by atoms with van der Waals surface area (Å²) >= 11 is -0.203. The fraction of sp³-hybridized carbons (Fsp3) is 0.500. The summed E-state index contributed by atoms with van der Waals surface area (Å²) in [6.45, 7) is 0. The summed E-state index contributed by atoms with van der Waals surface area (Å²) in [6.07, 6.45) is 4.56. The van der Waals surface area contributed by atoms with E-state index in [1.807, 2.05) is 5.92 Å². The van der Waals surface area contributed by atoms with Crippen LogP contribution < -0.4 is 0 Å². The Kier molecular flexibility index (Phi) is 2.77. The maximum Gasteiger partial charge on any atom is 0.442 e. The molecule has 0 aliphatic rings. The molecule has 0 saturated heterocycles. The van der Waals surface area contributed by atoms with Gasteiger partial charge in [-0.05, 0) is 11.8 Å². The van der Waals surface area contributed by atoms with Gasteiger partial charge in [0.25, 0.3) is 0 Å². The summed E-state index contributed by atoms with van der Waals surface area (Å²) in [5, 5.41) is 0. The van der Waals surface area contributed by atoms with E-state index in [2.05, 4.69) is 6.42 Å². The molecule has 0 aromatic rings. The third kappa shape index (κ3) is 5.70. The molecule has 0 fully saturated rings. The lowest BCUT2D eigenvalue weighted by Gasteiger charge is -1.99. The Morgan fingerprint density at radius 1 is 1.50 bits per heavy atom. The molecular weight excluding hydrogens is 137 g/mol. The van der Waals surface area contributed by atoms with Crippen LogP contribution in [0, 0.1) is 12.3 Å². The minimum Gasteiger partial charge on any atom is -0.160 e. The molecule has 0 aromatic heterocycles. The van der Waals surface area contributed by atoms with Crippen molar-refractivity contribution in [2.24, 2.45) is 0 Å². The SMILES string of the molecule is C#CCSC(F)(F)F. The first kappa shape index (κ1) is 7.70. The van der Waals surface area contributed by atoms with Crippen molar-refractivity contribution < 1.29 is 13.2 Å². The van der Waals surface area contributed by atoms with E-state index in [9.17, 15) is 13.2 Å².